The van der Waals surface area contributed by atoms with Crippen molar-refractivity contribution in [3.8, 4) is 0 Å². The van der Waals surface area contributed by atoms with E-state index in [9.17, 15) is 9.59 Å². The Morgan fingerprint density at radius 1 is 1.42 bits per heavy atom. The topological polar surface area (TPSA) is 83.6 Å². The number of benzene rings is 1. The molecule has 1 saturated heterocycles. The molecule has 0 bridgehead atoms. The first-order chi connectivity index (χ1) is 8.90. The summed E-state index contributed by atoms with van der Waals surface area (Å²) in [4.78, 5) is 24.5. The van der Waals surface area contributed by atoms with E-state index < -0.39 is 17.8 Å². The molecule has 0 aromatic heterocycles. The average molecular weight is 327 g/mol. The molecular weight excluding hydrogens is 312 g/mol. The van der Waals surface area contributed by atoms with Crippen molar-refractivity contribution in [2.75, 3.05) is 18.0 Å². The first-order valence-corrected chi connectivity index (χ1v) is 6.76. The zero-order valence-corrected chi connectivity index (χ0v) is 12.1. The fourth-order valence-electron chi connectivity index (χ4n) is 2.46. The molecule has 2 atom stereocenters. The minimum Gasteiger partial charge on any atom is -0.481 e. The predicted octanol–water partition coefficient (Wildman–Crippen LogP) is 1.70. The summed E-state index contributed by atoms with van der Waals surface area (Å²) in [7, 11) is 0. The fourth-order valence-corrected chi connectivity index (χ4v) is 2.81. The number of aliphatic carboxylic acids is 1. The standard InChI is InChI=1S/C13H15BrN2O3/c1-7-5-16(6-10(7)13(18)19)11-4-8(14)2-3-9(11)12(15)17/h2-4,7,10H,5-6H2,1H3,(H2,15,17)(H,18,19). The molecule has 1 aromatic rings. The molecule has 2 rings (SSSR count). The lowest BCUT2D eigenvalue weighted by molar-refractivity contribution is -0.142. The monoisotopic (exact) mass is 326 g/mol. The van der Waals surface area contributed by atoms with E-state index >= 15 is 0 Å². The number of hydrogen-bond acceptors (Lipinski definition) is 3. The van der Waals surface area contributed by atoms with Gasteiger partial charge in [-0.05, 0) is 24.1 Å². The summed E-state index contributed by atoms with van der Waals surface area (Å²) in [5.74, 6) is -1.68. The van der Waals surface area contributed by atoms with Crippen LogP contribution in [0.2, 0.25) is 0 Å². The lowest BCUT2D eigenvalue weighted by Crippen LogP contribution is -2.25. The molecule has 0 saturated carbocycles. The number of nitrogens with two attached hydrogens (primary N) is 1. The van der Waals surface area contributed by atoms with Gasteiger partial charge in [0.05, 0.1) is 17.2 Å². The van der Waals surface area contributed by atoms with E-state index in [1.165, 1.54) is 0 Å². The number of nitrogens with zero attached hydrogens (tertiary/aromatic N) is 1. The Morgan fingerprint density at radius 3 is 2.63 bits per heavy atom. The fraction of sp³-hybridized carbons (Fsp3) is 0.385. The molecule has 2 unspecified atom stereocenters. The molecule has 0 aliphatic carbocycles. The average Bonchev–Trinajstić information content (AvgIpc) is 2.70. The van der Waals surface area contributed by atoms with Gasteiger partial charge in [-0.2, -0.15) is 0 Å². The van der Waals surface area contributed by atoms with Crippen molar-refractivity contribution in [3.05, 3.63) is 28.2 Å². The van der Waals surface area contributed by atoms with Crippen molar-refractivity contribution in [1.29, 1.82) is 0 Å². The molecule has 1 fully saturated rings. The minimum atomic E-state index is -0.800. The zero-order chi connectivity index (χ0) is 14.2. The summed E-state index contributed by atoms with van der Waals surface area (Å²) >= 11 is 3.36. The maximum absolute atomic E-state index is 11.5. The van der Waals surface area contributed by atoms with Crippen LogP contribution in [0.15, 0.2) is 22.7 Å². The number of carboxylic acids is 1. The van der Waals surface area contributed by atoms with E-state index in [4.69, 9.17) is 10.8 Å². The van der Waals surface area contributed by atoms with Gasteiger partial charge in [0.25, 0.3) is 5.91 Å². The number of carbonyl (C=O) groups excluding carboxylic acids is 1. The third-order valence-electron chi connectivity index (χ3n) is 3.50. The van der Waals surface area contributed by atoms with Gasteiger partial charge in [-0.1, -0.05) is 22.9 Å². The van der Waals surface area contributed by atoms with Crippen molar-refractivity contribution < 1.29 is 14.7 Å². The number of hydrogen-bond donors (Lipinski definition) is 2. The van der Waals surface area contributed by atoms with Gasteiger partial charge in [0.15, 0.2) is 0 Å². The third-order valence-corrected chi connectivity index (χ3v) is 3.99. The smallest absolute Gasteiger partial charge is 0.308 e. The molecule has 19 heavy (non-hydrogen) atoms. The van der Waals surface area contributed by atoms with Crippen LogP contribution in [0.3, 0.4) is 0 Å². The molecule has 3 N–H and O–H groups in total. The second-order valence-electron chi connectivity index (χ2n) is 4.85. The van der Waals surface area contributed by atoms with E-state index in [1.54, 1.807) is 18.2 Å². The molecule has 0 radical (unpaired) electrons. The SMILES string of the molecule is CC1CN(c2cc(Br)ccc2C(N)=O)CC1C(=O)O. The van der Waals surface area contributed by atoms with Crippen LogP contribution in [-0.2, 0) is 4.79 Å². The number of primary amides is 1. The molecule has 1 aromatic carbocycles. The van der Waals surface area contributed by atoms with Crippen LogP contribution in [0.5, 0.6) is 0 Å². The van der Waals surface area contributed by atoms with Gasteiger partial charge in [0.2, 0.25) is 0 Å². The van der Waals surface area contributed by atoms with E-state index in [0.29, 0.717) is 24.3 Å². The predicted molar refractivity (Wildman–Crippen MR) is 75.2 cm³/mol. The molecule has 5 nitrogen and oxygen atoms in total. The van der Waals surface area contributed by atoms with Crippen molar-refractivity contribution >= 4 is 33.5 Å². The number of carbonyl (C=O) groups is 2. The zero-order valence-electron chi connectivity index (χ0n) is 10.5. The Balaban J connectivity index is 2.35. The lowest BCUT2D eigenvalue weighted by atomic mass is 9.99. The summed E-state index contributed by atoms with van der Waals surface area (Å²) in [6.45, 7) is 2.90. The highest BCUT2D eigenvalue weighted by Crippen LogP contribution is 2.32. The van der Waals surface area contributed by atoms with Gasteiger partial charge < -0.3 is 15.7 Å². The molecule has 1 aliphatic heterocycles. The largest absolute Gasteiger partial charge is 0.481 e. The molecule has 102 valence electrons. The second kappa shape index (κ2) is 5.21. The summed E-state index contributed by atoms with van der Waals surface area (Å²) in [6.07, 6.45) is 0. The molecular formula is C13H15BrN2O3. The first-order valence-electron chi connectivity index (χ1n) is 5.97. The number of rotatable bonds is 3. The Morgan fingerprint density at radius 2 is 2.11 bits per heavy atom. The normalized spacial score (nSPS) is 22.5. The lowest BCUT2D eigenvalue weighted by Gasteiger charge is -2.21. The van der Waals surface area contributed by atoms with Gasteiger partial charge in [-0.3, -0.25) is 9.59 Å². The van der Waals surface area contributed by atoms with Crippen LogP contribution >= 0.6 is 15.9 Å². The highest BCUT2D eigenvalue weighted by molar-refractivity contribution is 9.10. The van der Waals surface area contributed by atoms with Gasteiger partial charge in [0, 0.05) is 17.6 Å². The number of carboxylic acid groups (broad SMARTS) is 1. The Bertz CT molecular complexity index is 533. The van der Waals surface area contributed by atoms with Crippen molar-refractivity contribution in [3.63, 3.8) is 0 Å². The molecule has 1 amide bonds. The van der Waals surface area contributed by atoms with E-state index in [-0.39, 0.29) is 5.92 Å². The van der Waals surface area contributed by atoms with Crippen molar-refractivity contribution in [2.45, 2.75) is 6.92 Å². The summed E-state index contributed by atoms with van der Waals surface area (Å²) in [6, 6.07) is 5.20. The van der Waals surface area contributed by atoms with Gasteiger partial charge >= 0.3 is 5.97 Å². The van der Waals surface area contributed by atoms with Crippen molar-refractivity contribution in [2.24, 2.45) is 17.6 Å². The quantitative estimate of drug-likeness (QED) is 0.885. The number of amides is 1. The molecule has 6 heteroatoms. The highest BCUT2D eigenvalue weighted by Gasteiger charge is 2.35. The minimum absolute atomic E-state index is 0.0391. The Labute approximate surface area is 119 Å². The van der Waals surface area contributed by atoms with Gasteiger partial charge in [0.1, 0.15) is 0 Å². The van der Waals surface area contributed by atoms with Crippen LogP contribution in [0.4, 0.5) is 5.69 Å². The molecule has 1 aliphatic rings. The Hall–Kier alpha value is -1.56. The van der Waals surface area contributed by atoms with Crippen molar-refractivity contribution in [1.82, 2.24) is 0 Å². The van der Waals surface area contributed by atoms with Crippen LogP contribution < -0.4 is 10.6 Å². The van der Waals surface area contributed by atoms with E-state index in [1.807, 2.05) is 11.8 Å². The molecule has 0 spiro atoms. The van der Waals surface area contributed by atoms with Crippen LogP contribution in [0, 0.1) is 11.8 Å². The van der Waals surface area contributed by atoms with Crippen LogP contribution in [0.1, 0.15) is 17.3 Å². The van der Waals surface area contributed by atoms with Gasteiger partial charge in [-0.15, -0.1) is 0 Å². The first kappa shape index (κ1) is 13.9. The highest BCUT2D eigenvalue weighted by atomic mass is 79.9. The van der Waals surface area contributed by atoms with E-state index in [0.717, 1.165) is 4.47 Å². The summed E-state index contributed by atoms with van der Waals surface area (Å²) in [5.41, 5.74) is 6.47. The second-order valence-corrected chi connectivity index (χ2v) is 5.77. The maximum Gasteiger partial charge on any atom is 0.308 e. The summed E-state index contributed by atoms with van der Waals surface area (Å²) in [5, 5.41) is 9.15. The van der Waals surface area contributed by atoms with Crippen LogP contribution in [-0.4, -0.2) is 30.1 Å². The maximum atomic E-state index is 11.5. The Kier molecular flexibility index (Phi) is 3.80. The number of halogens is 1. The third kappa shape index (κ3) is 2.73. The van der Waals surface area contributed by atoms with Crippen LogP contribution in [0.25, 0.3) is 0 Å². The van der Waals surface area contributed by atoms with E-state index in [2.05, 4.69) is 15.9 Å². The summed E-state index contributed by atoms with van der Waals surface area (Å²) < 4.78 is 0.832. The molecule has 1 heterocycles. The van der Waals surface area contributed by atoms with Gasteiger partial charge in [-0.25, -0.2) is 0 Å². The number of anilines is 1.